The smallest absolute Gasteiger partial charge is 0.408 e. The van der Waals surface area contributed by atoms with E-state index in [4.69, 9.17) is 4.42 Å². The summed E-state index contributed by atoms with van der Waals surface area (Å²) in [4.78, 5) is 23.9. The molecule has 0 atom stereocenters. The number of rotatable bonds is 4. The minimum atomic E-state index is -0.451. The Morgan fingerprint density at radius 3 is 2.83 bits per heavy atom. The molecule has 0 unspecified atom stereocenters. The van der Waals surface area contributed by atoms with E-state index in [2.05, 4.69) is 32.0 Å². The molecule has 0 fully saturated rings. The number of thioether (sulfide) groups is 1. The summed E-state index contributed by atoms with van der Waals surface area (Å²) in [5, 5.41) is 0.841. The Balaban J connectivity index is 1.62. The number of imidazole rings is 1. The Hall–Kier alpha value is -2.67. The summed E-state index contributed by atoms with van der Waals surface area (Å²) in [7, 11) is 4.08. The zero-order chi connectivity index (χ0) is 16.7. The fourth-order valence-electron chi connectivity index (χ4n) is 2.72. The van der Waals surface area contributed by atoms with Crippen LogP contribution in [0, 0.1) is 0 Å². The summed E-state index contributed by atoms with van der Waals surface area (Å²) in [6, 6.07) is 12.0. The molecule has 7 heteroatoms. The number of nitrogens with one attached hydrogen (secondary N) is 2. The van der Waals surface area contributed by atoms with Crippen LogP contribution in [0.5, 0.6) is 0 Å². The van der Waals surface area contributed by atoms with Crippen molar-refractivity contribution in [1.29, 1.82) is 0 Å². The summed E-state index contributed by atoms with van der Waals surface area (Å²) in [5.41, 5.74) is 5.32. The fraction of sp³-hybridized carbons (Fsp3) is 0.176. The van der Waals surface area contributed by atoms with Crippen LogP contribution in [0.1, 0.15) is 5.56 Å². The Labute approximate surface area is 141 Å². The van der Waals surface area contributed by atoms with Gasteiger partial charge in [0.2, 0.25) is 0 Å². The number of hydrogen-bond donors (Lipinski definition) is 2. The van der Waals surface area contributed by atoms with E-state index in [0.717, 1.165) is 21.9 Å². The van der Waals surface area contributed by atoms with Gasteiger partial charge in [0.05, 0.1) is 16.6 Å². The molecule has 2 aromatic heterocycles. The second kappa shape index (κ2) is 5.76. The lowest BCUT2D eigenvalue weighted by molar-refractivity contribution is 0.555. The van der Waals surface area contributed by atoms with Gasteiger partial charge in [0.25, 0.3) is 0 Å². The van der Waals surface area contributed by atoms with E-state index in [-0.39, 0.29) is 0 Å². The van der Waals surface area contributed by atoms with Crippen molar-refractivity contribution in [3.05, 3.63) is 52.5 Å². The minimum absolute atomic E-state index is 0.451. The van der Waals surface area contributed by atoms with Crippen LogP contribution < -0.4 is 10.7 Å². The monoisotopic (exact) mass is 340 g/mol. The van der Waals surface area contributed by atoms with Crippen LogP contribution in [0.15, 0.2) is 50.8 Å². The number of oxazole rings is 1. The molecule has 4 rings (SSSR count). The molecular formula is C17H16N4O2S. The maximum atomic E-state index is 11.2. The molecule has 4 aromatic rings. The largest absolute Gasteiger partial charge is 0.417 e. The summed E-state index contributed by atoms with van der Waals surface area (Å²) >= 11 is 1.65. The lowest BCUT2D eigenvalue weighted by Gasteiger charge is -2.16. The van der Waals surface area contributed by atoms with Crippen molar-refractivity contribution in [1.82, 2.24) is 15.0 Å². The maximum Gasteiger partial charge on any atom is 0.417 e. The first-order valence-electron chi connectivity index (χ1n) is 7.51. The second-order valence-corrected chi connectivity index (χ2v) is 6.70. The van der Waals surface area contributed by atoms with Gasteiger partial charge < -0.3 is 14.3 Å². The highest BCUT2D eigenvalue weighted by Crippen LogP contribution is 2.28. The van der Waals surface area contributed by atoms with E-state index < -0.39 is 5.76 Å². The van der Waals surface area contributed by atoms with E-state index in [0.29, 0.717) is 11.1 Å². The minimum Gasteiger partial charge on any atom is -0.408 e. The molecule has 122 valence electrons. The van der Waals surface area contributed by atoms with Gasteiger partial charge in [0, 0.05) is 31.6 Å². The van der Waals surface area contributed by atoms with Gasteiger partial charge in [0.1, 0.15) is 0 Å². The average Bonchev–Trinajstić information content (AvgIpc) is 3.11. The lowest BCUT2D eigenvalue weighted by Crippen LogP contribution is -2.10. The Kier molecular flexibility index (Phi) is 3.57. The third-order valence-electron chi connectivity index (χ3n) is 3.84. The van der Waals surface area contributed by atoms with Crippen molar-refractivity contribution in [2.75, 3.05) is 19.0 Å². The molecule has 0 amide bonds. The van der Waals surface area contributed by atoms with Crippen LogP contribution >= 0.6 is 11.8 Å². The van der Waals surface area contributed by atoms with Crippen molar-refractivity contribution < 1.29 is 4.42 Å². The summed E-state index contributed by atoms with van der Waals surface area (Å²) in [6.07, 6.45) is 0. The van der Waals surface area contributed by atoms with E-state index in [1.807, 2.05) is 32.3 Å². The predicted molar refractivity (Wildman–Crippen MR) is 96.8 cm³/mol. The van der Waals surface area contributed by atoms with Crippen LogP contribution in [0.3, 0.4) is 0 Å². The van der Waals surface area contributed by atoms with Gasteiger partial charge in [-0.1, -0.05) is 30.0 Å². The van der Waals surface area contributed by atoms with Crippen LogP contribution in [0.2, 0.25) is 0 Å². The number of para-hydroxylation sites is 1. The molecule has 0 radical (unpaired) electrons. The normalized spacial score (nSPS) is 11.4. The molecule has 0 saturated carbocycles. The van der Waals surface area contributed by atoms with Crippen LogP contribution in [-0.2, 0) is 5.75 Å². The van der Waals surface area contributed by atoms with E-state index in [9.17, 15) is 4.79 Å². The molecule has 24 heavy (non-hydrogen) atoms. The molecule has 6 nitrogen and oxygen atoms in total. The Bertz CT molecular complexity index is 1020. The zero-order valence-corrected chi connectivity index (χ0v) is 14.1. The molecule has 2 heterocycles. The first-order chi connectivity index (χ1) is 11.6. The third kappa shape index (κ3) is 2.67. The Morgan fingerprint density at radius 2 is 2.00 bits per heavy atom. The molecular weight excluding hydrogens is 324 g/mol. The first kappa shape index (κ1) is 14.9. The van der Waals surface area contributed by atoms with Gasteiger partial charge in [-0.25, -0.2) is 9.78 Å². The number of aromatic amines is 2. The van der Waals surface area contributed by atoms with Gasteiger partial charge in [0.15, 0.2) is 10.7 Å². The number of fused-ring (bicyclic) bond motifs is 2. The van der Waals surface area contributed by atoms with E-state index in [1.165, 1.54) is 11.3 Å². The molecule has 2 aromatic carbocycles. The number of H-pyrrole nitrogens is 2. The van der Waals surface area contributed by atoms with Gasteiger partial charge in [-0.3, -0.25) is 4.98 Å². The molecule has 0 spiro atoms. The van der Waals surface area contributed by atoms with Crippen molar-refractivity contribution >= 4 is 39.6 Å². The summed E-state index contributed by atoms with van der Waals surface area (Å²) in [5.74, 6) is 0.369. The van der Waals surface area contributed by atoms with Crippen molar-refractivity contribution in [3.8, 4) is 0 Å². The lowest BCUT2D eigenvalue weighted by atomic mass is 10.2. The number of benzene rings is 2. The van der Waals surface area contributed by atoms with Crippen molar-refractivity contribution in [2.24, 2.45) is 0 Å². The topological polar surface area (TPSA) is 77.9 Å². The highest BCUT2D eigenvalue weighted by molar-refractivity contribution is 7.98. The summed E-state index contributed by atoms with van der Waals surface area (Å²) < 4.78 is 5.08. The molecule has 0 aliphatic carbocycles. The van der Waals surface area contributed by atoms with Crippen LogP contribution in [0.25, 0.3) is 22.1 Å². The zero-order valence-electron chi connectivity index (χ0n) is 13.3. The highest BCUT2D eigenvalue weighted by atomic mass is 32.2. The highest BCUT2D eigenvalue weighted by Gasteiger charge is 2.10. The van der Waals surface area contributed by atoms with Gasteiger partial charge >= 0.3 is 5.76 Å². The predicted octanol–water partition coefficient (Wildman–Crippen LogP) is 3.36. The van der Waals surface area contributed by atoms with Gasteiger partial charge in [-0.05, 0) is 17.7 Å². The quantitative estimate of drug-likeness (QED) is 0.557. The fourth-order valence-corrected chi connectivity index (χ4v) is 3.60. The molecule has 0 aliphatic heterocycles. The van der Waals surface area contributed by atoms with Crippen LogP contribution in [0.4, 0.5) is 5.69 Å². The number of aromatic nitrogens is 3. The van der Waals surface area contributed by atoms with E-state index >= 15 is 0 Å². The standard InChI is InChI=1S/C17H16N4O2S/c1-21(2)14-6-4-3-5-10(14)9-24-16-18-11-7-13-15(8-12(11)19-16)23-17(22)20-13/h3-8H,9H2,1-2H3,(H,18,19)(H,20,22). The first-order valence-corrected chi connectivity index (χ1v) is 8.49. The van der Waals surface area contributed by atoms with Crippen LogP contribution in [-0.4, -0.2) is 29.0 Å². The maximum absolute atomic E-state index is 11.2. The summed E-state index contributed by atoms with van der Waals surface area (Å²) in [6.45, 7) is 0. The van der Waals surface area contributed by atoms with E-state index in [1.54, 1.807) is 17.8 Å². The SMILES string of the molecule is CN(C)c1ccccc1CSc1nc2cc3oc(=O)[nH]c3cc2[nH]1. The molecule has 0 bridgehead atoms. The number of anilines is 1. The number of hydrogen-bond acceptors (Lipinski definition) is 5. The molecule has 0 aliphatic rings. The molecule has 0 saturated heterocycles. The molecule has 2 N–H and O–H groups in total. The van der Waals surface area contributed by atoms with Crippen molar-refractivity contribution in [2.45, 2.75) is 10.9 Å². The Morgan fingerprint density at radius 1 is 1.17 bits per heavy atom. The number of nitrogens with zero attached hydrogens (tertiary/aromatic N) is 2. The third-order valence-corrected chi connectivity index (χ3v) is 4.76. The van der Waals surface area contributed by atoms with Gasteiger partial charge in [-0.15, -0.1) is 0 Å². The average molecular weight is 340 g/mol. The second-order valence-electron chi connectivity index (χ2n) is 5.73. The van der Waals surface area contributed by atoms with Crippen molar-refractivity contribution in [3.63, 3.8) is 0 Å². The van der Waals surface area contributed by atoms with Gasteiger partial charge in [-0.2, -0.15) is 0 Å².